The van der Waals surface area contributed by atoms with E-state index in [-0.39, 0.29) is 22.7 Å². The number of ether oxygens (including phenoxy) is 1. The molecular weight excluding hydrogens is 328 g/mol. The number of benzene rings is 1. The number of nitro benzene ring substituents is 1. The first-order chi connectivity index (χ1) is 10.5. The van der Waals surface area contributed by atoms with Gasteiger partial charge in [-0.05, 0) is 32.9 Å². The molecule has 0 aliphatic carbocycles. The van der Waals surface area contributed by atoms with Gasteiger partial charge >= 0.3 is 12.1 Å². The summed E-state index contributed by atoms with van der Waals surface area (Å²) in [7, 11) is 0. The Labute approximate surface area is 137 Å². The monoisotopic (exact) mass is 344 g/mol. The Morgan fingerprint density at radius 3 is 2.52 bits per heavy atom. The van der Waals surface area contributed by atoms with Gasteiger partial charge in [-0.2, -0.15) is 0 Å². The minimum Gasteiger partial charge on any atom is -0.480 e. The summed E-state index contributed by atoms with van der Waals surface area (Å²) in [6.45, 7) is 4.89. The number of nitrogens with zero attached hydrogens (tertiary/aromatic N) is 1. The van der Waals surface area contributed by atoms with Crippen LogP contribution in [0.15, 0.2) is 18.2 Å². The van der Waals surface area contributed by atoms with Gasteiger partial charge in [0.1, 0.15) is 11.6 Å². The Bertz CT molecular complexity index is 626. The number of carbonyl (C=O) groups excluding carboxylic acids is 1. The quantitative estimate of drug-likeness (QED) is 0.626. The largest absolute Gasteiger partial charge is 0.480 e. The van der Waals surface area contributed by atoms with Gasteiger partial charge in [0.05, 0.1) is 4.92 Å². The van der Waals surface area contributed by atoms with Crippen LogP contribution < -0.4 is 5.32 Å². The average Bonchev–Trinajstić information content (AvgIpc) is 2.35. The van der Waals surface area contributed by atoms with Crippen molar-refractivity contribution >= 4 is 29.4 Å². The van der Waals surface area contributed by atoms with Crippen LogP contribution in [0.1, 0.15) is 26.3 Å². The van der Waals surface area contributed by atoms with Crippen LogP contribution >= 0.6 is 11.6 Å². The van der Waals surface area contributed by atoms with Gasteiger partial charge in [0.15, 0.2) is 0 Å². The first-order valence-electron chi connectivity index (χ1n) is 6.65. The highest BCUT2D eigenvalue weighted by atomic mass is 35.5. The fraction of sp³-hybridized carbons (Fsp3) is 0.429. The van der Waals surface area contributed by atoms with Gasteiger partial charge in [0.25, 0.3) is 5.69 Å². The molecule has 0 aliphatic rings. The molecule has 1 amide bonds. The van der Waals surface area contributed by atoms with Crippen LogP contribution in [-0.2, 0) is 16.0 Å². The molecule has 1 atom stereocenters. The molecule has 0 radical (unpaired) electrons. The Morgan fingerprint density at radius 1 is 1.43 bits per heavy atom. The molecule has 1 aromatic rings. The molecule has 0 saturated carbocycles. The minimum absolute atomic E-state index is 0.103. The van der Waals surface area contributed by atoms with Crippen molar-refractivity contribution in [2.75, 3.05) is 0 Å². The highest BCUT2D eigenvalue weighted by Crippen LogP contribution is 2.24. The van der Waals surface area contributed by atoms with Crippen molar-refractivity contribution in [1.82, 2.24) is 5.32 Å². The van der Waals surface area contributed by atoms with Crippen LogP contribution in [-0.4, -0.2) is 33.7 Å². The summed E-state index contributed by atoms with van der Waals surface area (Å²) in [5.74, 6) is -1.34. The Morgan fingerprint density at radius 2 is 2.04 bits per heavy atom. The molecule has 0 saturated heterocycles. The van der Waals surface area contributed by atoms with Crippen molar-refractivity contribution < 1.29 is 24.4 Å². The molecule has 0 spiro atoms. The number of rotatable bonds is 5. The van der Waals surface area contributed by atoms with Crippen molar-refractivity contribution in [3.05, 3.63) is 38.9 Å². The second-order valence-corrected chi connectivity index (χ2v) is 6.21. The van der Waals surface area contributed by atoms with Gasteiger partial charge in [0.2, 0.25) is 0 Å². The summed E-state index contributed by atoms with van der Waals surface area (Å²) in [6.07, 6.45) is -1.22. The Hall–Kier alpha value is -2.35. The molecule has 0 fully saturated rings. The first kappa shape index (κ1) is 18.7. The van der Waals surface area contributed by atoms with Crippen molar-refractivity contribution in [3.8, 4) is 0 Å². The third-order valence-corrected chi connectivity index (χ3v) is 2.89. The highest BCUT2D eigenvalue weighted by molar-refractivity contribution is 6.30. The zero-order chi connectivity index (χ0) is 17.8. The third-order valence-electron chi connectivity index (χ3n) is 2.65. The van der Waals surface area contributed by atoms with Crippen LogP contribution in [0, 0.1) is 10.1 Å². The number of carboxylic acids is 1. The number of alkyl carbamates (subject to hydrolysis) is 1. The zero-order valence-corrected chi connectivity index (χ0v) is 13.6. The second kappa shape index (κ2) is 7.28. The molecule has 2 N–H and O–H groups in total. The van der Waals surface area contributed by atoms with E-state index in [9.17, 15) is 24.8 Å². The molecule has 126 valence electrons. The summed E-state index contributed by atoms with van der Waals surface area (Å²) < 4.78 is 4.98. The maximum absolute atomic E-state index is 11.7. The summed E-state index contributed by atoms with van der Waals surface area (Å²) in [5.41, 5.74) is -0.965. The fourth-order valence-corrected chi connectivity index (χ4v) is 1.96. The summed E-state index contributed by atoms with van der Waals surface area (Å²) in [6, 6.07) is 2.43. The van der Waals surface area contributed by atoms with Gasteiger partial charge in [-0.25, -0.2) is 9.59 Å². The molecule has 0 heterocycles. The van der Waals surface area contributed by atoms with E-state index in [0.717, 1.165) is 0 Å². The van der Waals surface area contributed by atoms with E-state index in [1.54, 1.807) is 20.8 Å². The average molecular weight is 345 g/mol. The third kappa shape index (κ3) is 6.11. The van der Waals surface area contributed by atoms with Crippen LogP contribution in [0.25, 0.3) is 0 Å². The molecule has 0 aromatic heterocycles. The van der Waals surface area contributed by atoms with E-state index < -0.39 is 28.6 Å². The molecule has 0 aliphatic heterocycles. The van der Waals surface area contributed by atoms with E-state index in [1.165, 1.54) is 18.2 Å². The van der Waals surface area contributed by atoms with Crippen LogP contribution in [0.3, 0.4) is 0 Å². The van der Waals surface area contributed by atoms with Crippen molar-refractivity contribution in [1.29, 1.82) is 0 Å². The van der Waals surface area contributed by atoms with E-state index in [0.29, 0.717) is 0 Å². The number of aliphatic carboxylic acids is 1. The van der Waals surface area contributed by atoms with Crippen molar-refractivity contribution in [3.63, 3.8) is 0 Å². The lowest BCUT2D eigenvalue weighted by atomic mass is 10.0. The number of amides is 1. The minimum atomic E-state index is -1.39. The lowest BCUT2D eigenvalue weighted by Gasteiger charge is -2.22. The van der Waals surface area contributed by atoms with Gasteiger partial charge in [-0.3, -0.25) is 10.1 Å². The number of halogens is 1. The fourth-order valence-electron chi connectivity index (χ4n) is 1.77. The van der Waals surface area contributed by atoms with Crippen molar-refractivity contribution in [2.24, 2.45) is 0 Å². The zero-order valence-electron chi connectivity index (χ0n) is 12.8. The molecule has 1 rings (SSSR count). The van der Waals surface area contributed by atoms with Gasteiger partial charge in [0, 0.05) is 23.1 Å². The van der Waals surface area contributed by atoms with Gasteiger partial charge < -0.3 is 15.2 Å². The number of hydrogen-bond acceptors (Lipinski definition) is 5. The summed E-state index contributed by atoms with van der Waals surface area (Å²) in [5, 5.41) is 22.6. The van der Waals surface area contributed by atoms with E-state index >= 15 is 0 Å². The lowest BCUT2D eigenvalue weighted by Crippen LogP contribution is -2.44. The lowest BCUT2D eigenvalue weighted by molar-refractivity contribution is -0.385. The second-order valence-electron chi connectivity index (χ2n) is 5.77. The van der Waals surface area contributed by atoms with Crippen molar-refractivity contribution in [2.45, 2.75) is 38.8 Å². The van der Waals surface area contributed by atoms with Crippen LogP contribution in [0.4, 0.5) is 10.5 Å². The number of carboxylic acid groups (broad SMARTS) is 1. The predicted molar refractivity (Wildman–Crippen MR) is 82.6 cm³/mol. The molecule has 8 nitrogen and oxygen atoms in total. The molecule has 0 bridgehead atoms. The van der Waals surface area contributed by atoms with Gasteiger partial charge in [-0.15, -0.1) is 0 Å². The SMILES string of the molecule is CC(C)(C)OC(=O)NC(Cc1cc(Cl)ccc1[N+](=O)[O-])C(=O)O. The topological polar surface area (TPSA) is 119 Å². The maximum atomic E-state index is 11.7. The molecule has 9 heteroatoms. The molecule has 1 unspecified atom stereocenters. The maximum Gasteiger partial charge on any atom is 0.408 e. The van der Waals surface area contributed by atoms with Crippen LogP contribution in [0.2, 0.25) is 5.02 Å². The van der Waals surface area contributed by atoms with E-state index in [1.807, 2.05) is 0 Å². The number of nitro groups is 1. The number of nitrogens with one attached hydrogen (secondary N) is 1. The van der Waals surface area contributed by atoms with E-state index in [4.69, 9.17) is 16.3 Å². The standard InChI is InChI=1S/C14H17ClN2O6/c1-14(2,3)23-13(20)16-10(12(18)19)7-8-6-9(15)4-5-11(8)17(21)22/h4-6,10H,7H2,1-3H3,(H,16,20)(H,18,19). The molecule has 1 aromatic carbocycles. The van der Waals surface area contributed by atoms with Gasteiger partial charge in [-0.1, -0.05) is 11.6 Å². The predicted octanol–water partition coefficient (Wildman–Crippen LogP) is 2.77. The van der Waals surface area contributed by atoms with Crippen LogP contribution in [0.5, 0.6) is 0 Å². The Kier molecular flexibility index (Phi) is 5.91. The Balaban J connectivity index is 2.97. The normalized spacial score (nSPS) is 12.3. The van der Waals surface area contributed by atoms with E-state index in [2.05, 4.69) is 5.32 Å². The molecule has 23 heavy (non-hydrogen) atoms. The summed E-state index contributed by atoms with van der Waals surface area (Å²) in [4.78, 5) is 33.3. The number of carbonyl (C=O) groups is 2. The highest BCUT2D eigenvalue weighted by Gasteiger charge is 2.27. The summed E-state index contributed by atoms with van der Waals surface area (Å²) >= 11 is 5.80. The first-order valence-corrected chi connectivity index (χ1v) is 7.02. The number of hydrogen-bond donors (Lipinski definition) is 2. The smallest absolute Gasteiger partial charge is 0.408 e. The molecular formula is C14H17ClN2O6.